The summed E-state index contributed by atoms with van der Waals surface area (Å²) in [5.74, 6) is 0.742. The van der Waals surface area contributed by atoms with E-state index >= 15 is 0 Å². The third-order valence-corrected chi connectivity index (χ3v) is 4.20. The first-order valence-corrected chi connectivity index (χ1v) is 8.14. The number of hydrogen-bond acceptors (Lipinski definition) is 3. The van der Waals surface area contributed by atoms with E-state index in [2.05, 4.69) is 26.1 Å². The van der Waals surface area contributed by atoms with Gasteiger partial charge in [0.25, 0.3) is 0 Å². The first-order valence-electron chi connectivity index (χ1n) is 7.35. The molecule has 0 bridgehead atoms. The lowest BCUT2D eigenvalue weighted by molar-refractivity contribution is 0.239. The number of halogens is 1. The number of H-pyrrole nitrogens is 1. The Bertz CT molecular complexity index is 813. The maximum Gasteiger partial charge on any atom is 0.142 e. The van der Waals surface area contributed by atoms with Gasteiger partial charge in [0.15, 0.2) is 0 Å². The highest BCUT2D eigenvalue weighted by atomic mass is 79.9. The Labute approximate surface area is 143 Å². The molecule has 5 heteroatoms. The molecule has 1 heterocycles. The van der Waals surface area contributed by atoms with Gasteiger partial charge in [-0.05, 0) is 47.5 Å². The van der Waals surface area contributed by atoms with Gasteiger partial charge in [0.05, 0.1) is 18.0 Å². The van der Waals surface area contributed by atoms with Gasteiger partial charge in [0, 0.05) is 11.1 Å². The Morgan fingerprint density at radius 1 is 1.09 bits per heavy atom. The lowest BCUT2D eigenvalue weighted by atomic mass is 10.0. The number of rotatable bonds is 4. The van der Waals surface area contributed by atoms with E-state index in [-0.39, 0.29) is 11.9 Å². The molecule has 2 aromatic carbocycles. The molecular weight excluding hydrogens is 356 g/mol. The third kappa shape index (κ3) is 3.10. The van der Waals surface area contributed by atoms with Crippen molar-refractivity contribution in [3.8, 4) is 33.9 Å². The van der Waals surface area contributed by atoms with Gasteiger partial charge in [-0.3, -0.25) is 5.10 Å². The fourth-order valence-electron chi connectivity index (χ4n) is 2.42. The predicted molar refractivity (Wildman–Crippen MR) is 94.6 cm³/mol. The molecule has 0 radical (unpaired) electrons. The van der Waals surface area contributed by atoms with Crippen molar-refractivity contribution in [2.75, 3.05) is 0 Å². The Hall–Kier alpha value is -2.27. The zero-order valence-electron chi connectivity index (χ0n) is 12.9. The fraction of sp³-hybridized carbons (Fsp3) is 0.167. The van der Waals surface area contributed by atoms with E-state index < -0.39 is 0 Å². The monoisotopic (exact) mass is 372 g/mol. The Morgan fingerprint density at radius 2 is 1.83 bits per heavy atom. The van der Waals surface area contributed by atoms with Crippen LogP contribution in [-0.2, 0) is 0 Å². The van der Waals surface area contributed by atoms with Crippen LogP contribution < -0.4 is 4.74 Å². The number of benzene rings is 2. The minimum absolute atomic E-state index is 0.0311. The van der Waals surface area contributed by atoms with Crippen LogP contribution >= 0.6 is 15.9 Å². The van der Waals surface area contributed by atoms with Gasteiger partial charge in [-0.15, -0.1) is 0 Å². The van der Waals surface area contributed by atoms with E-state index in [1.165, 1.54) is 0 Å². The summed E-state index contributed by atoms with van der Waals surface area (Å²) in [7, 11) is 0. The van der Waals surface area contributed by atoms with Crippen LogP contribution in [0.25, 0.3) is 22.4 Å². The van der Waals surface area contributed by atoms with Crippen LogP contribution in [0.1, 0.15) is 13.8 Å². The number of ether oxygens (including phenoxy) is 1. The number of hydrogen-bond donors (Lipinski definition) is 2. The molecule has 0 aliphatic carbocycles. The summed E-state index contributed by atoms with van der Waals surface area (Å²) in [6.45, 7) is 3.89. The molecule has 0 unspecified atom stereocenters. The summed E-state index contributed by atoms with van der Waals surface area (Å²) < 4.78 is 6.22. The quantitative estimate of drug-likeness (QED) is 0.677. The number of aromatic nitrogens is 2. The van der Waals surface area contributed by atoms with Crippen LogP contribution in [-0.4, -0.2) is 21.4 Å². The SMILES string of the molecule is CC(C)Oc1ccc(-c2[nH]ncc2-c2ccccc2)c(O)c1Br. The van der Waals surface area contributed by atoms with E-state index in [4.69, 9.17) is 4.74 Å². The number of aromatic hydroxyl groups is 1. The molecule has 3 aromatic rings. The summed E-state index contributed by atoms with van der Waals surface area (Å²) in [6.07, 6.45) is 1.79. The lowest BCUT2D eigenvalue weighted by Crippen LogP contribution is -2.06. The summed E-state index contributed by atoms with van der Waals surface area (Å²) in [4.78, 5) is 0. The molecule has 3 rings (SSSR count). The molecule has 1 aromatic heterocycles. The zero-order valence-corrected chi connectivity index (χ0v) is 14.5. The molecule has 0 fully saturated rings. The van der Waals surface area contributed by atoms with Crippen molar-refractivity contribution in [2.24, 2.45) is 0 Å². The first-order chi connectivity index (χ1) is 11.1. The standard InChI is InChI=1S/C18H17BrN2O2/c1-11(2)23-15-9-8-13(18(22)16(15)19)17-14(10-20-21-17)12-6-4-3-5-7-12/h3-11,22H,1-2H3,(H,20,21). The van der Waals surface area contributed by atoms with Gasteiger partial charge >= 0.3 is 0 Å². The molecule has 0 saturated heterocycles. The number of phenols is 1. The number of aromatic amines is 1. The maximum atomic E-state index is 10.6. The highest BCUT2D eigenvalue weighted by Crippen LogP contribution is 2.43. The average Bonchev–Trinajstić information content (AvgIpc) is 3.02. The van der Waals surface area contributed by atoms with Crippen LogP contribution in [0.4, 0.5) is 0 Å². The van der Waals surface area contributed by atoms with E-state index in [1.54, 1.807) is 6.20 Å². The van der Waals surface area contributed by atoms with Crippen LogP contribution in [0.3, 0.4) is 0 Å². The highest BCUT2D eigenvalue weighted by Gasteiger charge is 2.18. The van der Waals surface area contributed by atoms with E-state index in [0.717, 1.165) is 16.8 Å². The molecule has 118 valence electrons. The van der Waals surface area contributed by atoms with Crippen LogP contribution in [0.15, 0.2) is 53.1 Å². The summed E-state index contributed by atoms with van der Waals surface area (Å²) in [5.41, 5.74) is 3.41. The molecule has 2 N–H and O–H groups in total. The Morgan fingerprint density at radius 3 is 2.52 bits per heavy atom. The van der Waals surface area contributed by atoms with Crippen LogP contribution in [0.5, 0.6) is 11.5 Å². The largest absolute Gasteiger partial charge is 0.506 e. The van der Waals surface area contributed by atoms with Crippen LogP contribution in [0.2, 0.25) is 0 Å². The van der Waals surface area contributed by atoms with E-state index in [1.807, 2.05) is 56.3 Å². The molecular formula is C18H17BrN2O2. The minimum atomic E-state index is 0.0311. The molecule has 23 heavy (non-hydrogen) atoms. The van der Waals surface area contributed by atoms with Gasteiger partial charge < -0.3 is 9.84 Å². The van der Waals surface area contributed by atoms with Gasteiger partial charge in [-0.25, -0.2) is 0 Å². The van der Waals surface area contributed by atoms with Gasteiger partial charge in [-0.1, -0.05) is 30.3 Å². The molecule has 0 atom stereocenters. The highest BCUT2D eigenvalue weighted by molar-refractivity contribution is 9.10. The Balaban J connectivity index is 2.07. The van der Waals surface area contributed by atoms with Gasteiger partial charge in [0.1, 0.15) is 16.0 Å². The maximum absolute atomic E-state index is 10.6. The van der Waals surface area contributed by atoms with Crippen molar-refractivity contribution in [1.29, 1.82) is 0 Å². The van der Waals surface area contributed by atoms with Crippen molar-refractivity contribution in [3.05, 3.63) is 53.1 Å². The number of phenolic OH excluding ortho intramolecular Hbond substituents is 1. The molecule has 0 aliphatic rings. The van der Waals surface area contributed by atoms with Crippen molar-refractivity contribution in [2.45, 2.75) is 20.0 Å². The summed E-state index contributed by atoms with van der Waals surface area (Å²) in [5, 5.41) is 17.7. The minimum Gasteiger partial charge on any atom is -0.506 e. The smallest absolute Gasteiger partial charge is 0.142 e. The summed E-state index contributed by atoms with van der Waals surface area (Å²) >= 11 is 3.42. The topological polar surface area (TPSA) is 58.1 Å². The predicted octanol–water partition coefficient (Wildman–Crippen LogP) is 5.00. The number of nitrogens with zero attached hydrogens (tertiary/aromatic N) is 1. The van der Waals surface area contributed by atoms with E-state index in [0.29, 0.717) is 15.8 Å². The summed E-state index contributed by atoms with van der Waals surface area (Å²) in [6, 6.07) is 13.6. The van der Waals surface area contributed by atoms with Crippen molar-refractivity contribution in [1.82, 2.24) is 10.2 Å². The number of nitrogens with one attached hydrogen (secondary N) is 1. The first kappa shape index (κ1) is 15.6. The van der Waals surface area contributed by atoms with Crippen molar-refractivity contribution < 1.29 is 9.84 Å². The van der Waals surface area contributed by atoms with Gasteiger partial charge in [-0.2, -0.15) is 5.10 Å². The Kier molecular flexibility index (Phi) is 4.39. The van der Waals surface area contributed by atoms with Crippen LogP contribution in [0, 0.1) is 0 Å². The zero-order chi connectivity index (χ0) is 16.4. The third-order valence-electron chi connectivity index (χ3n) is 3.44. The van der Waals surface area contributed by atoms with E-state index in [9.17, 15) is 5.11 Å². The molecule has 4 nitrogen and oxygen atoms in total. The van der Waals surface area contributed by atoms with Crippen molar-refractivity contribution >= 4 is 15.9 Å². The molecule has 0 aliphatic heterocycles. The fourth-order valence-corrected chi connectivity index (χ4v) is 2.86. The molecule has 0 saturated carbocycles. The average molecular weight is 373 g/mol. The second-order valence-electron chi connectivity index (χ2n) is 5.47. The molecule has 0 spiro atoms. The second-order valence-corrected chi connectivity index (χ2v) is 6.26. The second kappa shape index (κ2) is 6.46. The normalized spacial score (nSPS) is 11.0. The molecule has 0 amide bonds. The van der Waals surface area contributed by atoms with Gasteiger partial charge in [0.2, 0.25) is 0 Å². The lowest BCUT2D eigenvalue weighted by Gasteiger charge is -2.14. The van der Waals surface area contributed by atoms with Crippen molar-refractivity contribution in [3.63, 3.8) is 0 Å².